The predicted octanol–water partition coefficient (Wildman–Crippen LogP) is 3.46. The summed E-state index contributed by atoms with van der Waals surface area (Å²) in [5, 5.41) is 3.23. The molecule has 0 fully saturated rings. The Labute approximate surface area is 157 Å². The zero-order chi connectivity index (χ0) is 18.4. The molecule has 0 aromatic heterocycles. The molecule has 0 bridgehead atoms. The minimum Gasteiger partial charge on any atom is -0.324 e. The van der Waals surface area contributed by atoms with Crippen LogP contribution in [0.3, 0.4) is 0 Å². The van der Waals surface area contributed by atoms with Crippen LogP contribution < -0.4 is 5.32 Å². The van der Waals surface area contributed by atoms with Crippen LogP contribution in [0.4, 0.5) is 5.69 Å². The zero-order valence-corrected chi connectivity index (χ0v) is 16.3. The second-order valence-electron chi connectivity index (χ2n) is 5.37. The number of thioether (sulfide) groups is 1. The Hall–Kier alpha value is -1.54. The van der Waals surface area contributed by atoms with Gasteiger partial charge in [-0.05, 0) is 30.0 Å². The van der Waals surface area contributed by atoms with Gasteiger partial charge in [-0.15, -0.1) is 11.8 Å². The van der Waals surface area contributed by atoms with Crippen LogP contribution in [0.5, 0.6) is 0 Å². The first-order chi connectivity index (χ1) is 11.8. The van der Waals surface area contributed by atoms with Gasteiger partial charge in [0.25, 0.3) is 0 Å². The number of carbonyl (C=O) groups is 1. The molecule has 0 aliphatic carbocycles. The summed E-state index contributed by atoms with van der Waals surface area (Å²) in [7, 11) is -3.57. The molecule has 134 valence electrons. The van der Waals surface area contributed by atoms with Crippen LogP contribution in [-0.4, -0.2) is 37.7 Å². The number of nitrogens with one attached hydrogen (secondary N) is 1. The third kappa shape index (κ3) is 5.74. The molecule has 8 heteroatoms. The molecule has 25 heavy (non-hydrogen) atoms. The largest absolute Gasteiger partial charge is 0.324 e. The van der Waals surface area contributed by atoms with E-state index >= 15 is 0 Å². The summed E-state index contributed by atoms with van der Waals surface area (Å²) in [6.07, 6.45) is 2.98. The summed E-state index contributed by atoms with van der Waals surface area (Å²) in [5.41, 5.74) is 1.30. The summed E-state index contributed by atoms with van der Waals surface area (Å²) in [5.74, 6) is -0.404. The highest BCUT2D eigenvalue weighted by atomic mass is 35.5. The topological polar surface area (TPSA) is 66.5 Å². The monoisotopic (exact) mass is 398 g/mol. The van der Waals surface area contributed by atoms with E-state index in [-0.39, 0.29) is 13.1 Å². The van der Waals surface area contributed by atoms with Crippen molar-refractivity contribution in [2.24, 2.45) is 0 Å². The van der Waals surface area contributed by atoms with Gasteiger partial charge in [-0.25, -0.2) is 8.42 Å². The molecular formula is C17H19ClN2O3S2. The minimum atomic E-state index is -3.57. The van der Waals surface area contributed by atoms with Crippen molar-refractivity contribution >= 4 is 45.0 Å². The Balaban J connectivity index is 2.15. The number of amides is 1. The summed E-state index contributed by atoms with van der Waals surface area (Å²) >= 11 is 7.60. The molecule has 0 aliphatic rings. The number of halogens is 1. The lowest BCUT2D eigenvalue weighted by atomic mass is 10.2. The van der Waals surface area contributed by atoms with E-state index in [4.69, 9.17) is 11.6 Å². The molecule has 0 unspecified atom stereocenters. The van der Waals surface area contributed by atoms with Gasteiger partial charge in [0.1, 0.15) is 0 Å². The molecule has 1 amide bonds. The van der Waals surface area contributed by atoms with Gasteiger partial charge in [-0.1, -0.05) is 41.9 Å². The first-order valence-corrected chi connectivity index (χ1v) is 10.9. The fraction of sp³-hybridized carbons (Fsp3) is 0.235. The van der Waals surface area contributed by atoms with Gasteiger partial charge in [-0.3, -0.25) is 4.79 Å². The maximum absolute atomic E-state index is 12.4. The lowest BCUT2D eigenvalue weighted by Gasteiger charge is -2.20. The van der Waals surface area contributed by atoms with Gasteiger partial charge in [-0.2, -0.15) is 4.31 Å². The highest BCUT2D eigenvalue weighted by molar-refractivity contribution is 7.98. The summed E-state index contributed by atoms with van der Waals surface area (Å²) in [6, 6.07) is 14.3. The Morgan fingerprint density at radius 1 is 1.16 bits per heavy atom. The predicted molar refractivity (Wildman–Crippen MR) is 104 cm³/mol. The summed E-state index contributed by atoms with van der Waals surface area (Å²) in [6.45, 7) is -0.247. The molecule has 5 nitrogen and oxygen atoms in total. The van der Waals surface area contributed by atoms with Crippen molar-refractivity contribution in [1.29, 1.82) is 0 Å². The number of hydrogen-bond donors (Lipinski definition) is 1. The highest BCUT2D eigenvalue weighted by Gasteiger charge is 2.21. The molecule has 0 saturated heterocycles. The second-order valence-corrected chi connectivity index (χ2v) is 8.61. The molecule has 0 saturated carbocycles. The van der Waals surface area contributed by atoms with E-state index < -0.39 is 15.9 Å². The summed E-state index contributed by atoms with van der Waals surface area (Å²) < 4.78 is 25.2. The number of benzene rings is 2. The van der Waals surface area contributed by atoms with Crippen LogP contribution in [0.15, 0.2) is 53.4 Å². The van der Waals surface area contributed by atoms with Gasteiger partial charge in [0, 0.05) is 16.5 Å². The van der Waals surface area contributed by atoms with E-state index in [1.54, 1.807) is 30.3 Å². The van der Waals surface area contributed by atoms with E-state index in [1.165, 1.54) is 11.8 Å². The van der Waals surface area contributed by atoms with Gasteiger partial charge >= 0.3 is 0 Å². The second kappa shape index (κ2) is 8.71. The SMILES string of the molecule is CSc1ccccc1NC(=O)CN(Cc1ccccc1Cl)S(C)(=O)=O. The Morgan fingerprint density at radius 3 is 2.44 bits per heavy atom. The highest BCUT2D eigenvalue weighted by Crippen LogP contribution is 2.24. The van der Waals surface area contributed by atoms with Crippen molar-refractivity contribution in [1.82, 2.24) is 4.31 Å². The van der Waals surface area contributed by atoms with E-state index in [1.807, 2.05) is 24.5 Å². The molecule has 2 aromatic rings. The number of para-hydroxylation sites is 1. The van der Waals surface area contributed by atoms with E-state index in [0.717, 1.165) is 15.5 Å². The molecule has 2 rings (SSSR count). The van der Waals surface area contributed by atoms with Crippen molar-refractivity contribution in [3.05, 3.63) is 59.1 Å². The van der Waals surface area contributed by atoms with Gasteiger partial charge in [0.05, 0.1) is 18.5 Å². The molecule has 0 atom stereocenters. The molecular weight excluding hydrogens is 380 g/mol. The van der Waals surface area contributed by atoms with Crippen molar-refractivity contribution in [3.63, 3.8) is 0 Å². The fourth-order valence-electron chi connectivity index (χ4n) is 2.20. The summed E-state index contributed by atoms with van der Waals surface area (Å²) in [4.78, 5) is 13.3. The molecule has 2 aromatic carbocycles. The molecule has 0 aliphatic heterocycles. The van der Waals surface area contributed by atoms with Gasteiger partial charge < -0.3 is 5.32 Å². The van der Waals surface area contributed by atoms with Crippen LogP contribution in [0.1, 0.15) is 5.56 Å². The first kappa shape index (κ1) is 19.8. The molecule has 0 spiro atoms. The Morgan fingerprint density at radius 2 is 1.80 bits per heavy atom. The lowest BCUT2D eigenvalue weighted by molar-refractivity contribution is -0.116. The smallest absolute Gasteiger partial charge is 0.239 e. The standard InChI is InChI=1S/C17H19ClN2O3S2/c1-24-16-10-6-5-9-15(16)19-17(21)12-20(25(2,22)23)11-13-7-3-4-8-14(13)18/h3-10H,11-12H2,1-2H3,(H,19,21). The number of anilines is 1. The molecule has 0 radical (unpaired) electrons. The van der Waals surface area contributed by atoms with E-state index in [9.17, 15) is 13.2 Å². The van der Waals surface area contributed by atoms with Crippen molar-refractivity contribution in [3.8, 4) is 0 Å². The normalized spacial score (nSPS) is 11.5. The van der Waals surface area contributed by atoms with Crippen LogP contribution in [0.2, 0.25) is 5.02 Å². The van der Waals surface area contributed by atoms with E-state index in [2.05, 4.69) is 5.32 Å². The first-order valence-electron chi connectivity index (χ1n) is 7.42. The number of nitrogens with zero attached hydrogens (tertiary/aromatic N) is 1. The number of carbonyl (C=O) groups excluding carboxylic acids is 1. The number of hydrogen-bond acceptors (Lipinski definition) is 4. The van der Waals surface area contributed by atoms with Crippen LogP contribution in [-0.2, 0) is 21.4 Å². The molecule has 0 heterocycles. The van der Waals surface area contributed by atoms with Crippen LogP contribution >= 0.6 is 23.4 Å². The number of rotatable bonds is 7. The van der Waals surface area contributed by atoms with Gasteiger partial charge in [0.2, 0.25) is 15.9 Å². The van der Waals surface area contributed by atoms with Crippen molar-refractivity contribution in [2.45, 2.75) is 11.4 Å². The van der Waals surface area contributed by atoms with Crippen molar-refractivity contribution in [2.75, 3.05) is 24.4 Å². The number of sulfonamides is 1. The van der Waals surface area contributed by atoms with Gasteiger partial charge in [0.15, 0.2) is 0 Å². The van der Waals surface area contributed by atoms with Crippen LogP contribution in [0, 0.1) is 0 Å². The Kier molecular flexibility index (Phi) is 6.89. The quantitative estimate of drug-likeness (QED) is 0.725. The zero-order valence-electron chi connectivity index (χ0n) is 13.9. The fourth-order valence-corrected chi connectivity index (χ4v) is 3.68. The third-order valence-electron chi connectivity index (χ3n) is 3.47. The average Bonchev–Trinajstić information content (AvgIpc) is 2.55. The third-order valence-corrected chi connectivity index (χ3v) is 5.84. The average molecular weight is 399 g/mol. The molecule has 1 N–H and O–H groups in total. The minimum absolute atomic E-state index is 0.0378. The lowest BCUT2D eigenvalue weighted by Crippen LogP contribution is -2.37. The van der Waals surface area contributed by atoms with Crippen molar-refractivity contribution < 1.29 is 13.2 Å². The Bertz CT molecular complexity index is 856. The van der Waals surface area contributed by atoms with Crippen LogP contribution in [0.25, 0.3) is 0 Å². The maximum Gasteiger partial charge on any atom is 0.239 e. The maximum atomic E-state index is 12.4. The van der Waals surface area contributed by atoms with E-state index in [0.29, 0.717) is 16.3 Å².